The van der Waals surface area contributed by atoms with E-state index in [1.807, 2.05) is 13.8 Å². The molecule has 0 radical (unpaired) electrons. The van der Waals surface area contributed by atoms with Gasteiger partial charge in [-0.05, 0) is 55.5 Å². The summed E-state index contributed by atoms with van der Waals surface area (Å²) >= 11 is 0. The molecule has 0 spiro atoms. The Bertz CT molecular complexity index is 625. The number of amides is 1. The lowest BCUT2D eigenvalue weighted by molar-refractivity contribution is -0.142. The second kappa shape index (κ2) is 7.13. The summed E-state index contributed by atoms with van der Waals surface area (Å²) in [5.41, 5.74) is 5.79. The minimum atomic E-state index is -0.271. The van der Waals surface area contributed by atoms with E-state index in [0.717, 1.165) is 29.8 Å². The standard InChI is InChI=1S/C18H26N2O3/c1-11-8-12(2)17(10-23-15(5)21)13(3)16(11)9-20-7-6-19-18(22)14(20)4/h8,14H,6-7,9-10H2,1-5H3,(H,19,22). The molecule has 1 atom stereocenters. The molecule has 1 aromatic rings. The number of carbonyl (C=O) groups is 2. The quantitative estimate of drug-likeness (QED) is 0.863. The van der Waals surface area contributed by atoms with Gasteiger partial charge in [-0.15, -0.1) is 0 Å². The predicted molar refractivity (Wildman–Crippen MR) is 89.0 cm³/mol. The summed E-state index contributed by atoms with van der Waals surface area (Å²) in [5.74, 6) is -0.189. The van der Waals surface area contributed by atoms with Gasteiger partial charge >= 0.3 is 5.97 Å². The fraction of sp³-hybridized carbons (Fsp3) is 0.556. The van der Waals surface area contributed by atoms with Crippen LogP contribution in [0.2, 0.25) is 0 Å². The van der Waals surface area contributed by atoms with Crippen LogP contribution in [-0.2, 0) is 27.5 Å². The molecule has 1 saturated heterocycles. The number of aryl methyl sites for hydroxylation is 2. The van der Waals surface area contributed by atoms with Crippen molar-refractivity contribution in [3.63, 3.8) is 0 Å². The highest BCUT2D eigenvalue weighted by Gasteiger charge is 2.26. The maximum atomic E-state index is 11.9. The summed E-state index contributed by atoms with van der Waals surface area (Å²) in [7, 11) is 0. The van der Waals surface area contributed by atoms with Crippen LogP contribution in [0.3, 0.4) is 0 Å². The van der Waals surface area contributed by atoms with E-state index in [1.54, 1.807) is 0 Å². The molecule has 0 saturated carbocycles. The van der Waals surface area contributed by atoms with E-state index >= 15 is 0 Å². The summed E-state index contributed by atoms with van der Waals surface area (Å²) in [4.78, 5) is 25.2. The van der Waals surface area contributed by atoms with Crippen LogP contribution in [-0.4, -0.2) is 35.9 Å². The molecule has 0 aliphatic carbocycles. The van der Waals surface area contributed by atoms with Crippen LogP contribution in [0, 0.1) is 20.8 Å². The number of hydrogen-bond acceptors (Lipinski definition) is 4. The van der Waals surface area contributed by atoms with Crippen LogP contribution >= 0.6 is 0 Å². The van der Waals surface area contributed by atoms with Gasteiger partial charge in [0.15, 0.2) is 0 Å². The van der Waals surface area contributed by atoms with Crippen molar-refractivity contribution >= 4 is 11.9 Å². The Morgan fingerprint density at radius 2 is 1.96 bits per heavy atom. The fourth-order valence-electron chi connectivity index (χ4n) is 3.16. The number of esters is 1. The van der Waals surface area contributed by atoms with Gasteiger partial charge in [-0.1, -0.05) is 6.07 Å². The highest BCUT2D eigenvalue weighted by atomic mass is 16.5. The largest absolute Gasteiger partial charge is 0.461 e. The van der Waals surface area contributed by atoms with Crippen molar-refractivity contribution in [2.75, 3.05) is 13.1 Å². The molecule has 1 fully saturated rings. The lowest BCUT2D eigenvalue weighted by atomic mass is 9.93. The Balaban J connectivity index is 2.28. The molecule has 1 unspecified atom stereocenters. The van der Waals surface area contributed by atoms with Crippen molar-refractivity contribution in [2.24, 2.45) is 0 Å². The van der Waals surface area contributed by atoms with Crippen molar-refractivity contribution < 1.29 is 14.3 Å². The molecule has 0 aromatic heterocycles. The van der Waals surface area contributed by atoms with Crippen molar-refractivity contribution in [2.45, 2.75) is 53.8 Å². The number of piperazine rings is 1. The fourth-order valence-corrected chi connectivity index (χ4v) is 3.16. The van der Waals surface area contributed by atoms with Crippen molar-refractivity contribution in [1.82, 2.24) is 10.2 Å². The van der Waals surface area contributed by atoms with Crippen LogP contribution in [0.5, 0.6) is 0 Å². The molecule has 126 valence electrons. The Hall–Kier alpha value is -1.88. The molecule has 2 rings (SSSR count). The average Bonchev–Trinajstić information content (AvgIpc) is 2.47. The highest BCUT2D eigenvalue weighted by molar-refractivity contribution is 5.82. The summed E-state index contributed by atoms with van der Waals surface area (Å²) in [5, 5.41) is 2.89. The third kappa shape index (κ3) is 3.91. The van der Waals surface area contributed by atoms with Crippen LogP contribution in [0.1, 0.15) is 41.7 Å². The topological polar surface area (TPSA) is 58.6 Å². The van der Waals surface area contributed by atoms with E-state index in [9.17, 15) is 9.59 Å². The van der Waals surface area contributed by atoms with E-state index in [4.69, 9.17) is 4.74 Å². The maximum absolute atomic E-state index is 11.9. The molecule has 5 nitrogen and oxygen atoms in total. The minimum absolute atomic E-state index is 0.0822. The van der Waals surface area contributed by atoms with Crippen LogP contribution in [0.25, 0.3) is 0 Å². The molecule has 1 aromatic carbocycles. The monoisotopic (exact) mass is 318 g/mol. The van der Waals surface area contributed by atoms with Crippen molar-refractivity contribution in [3.05, 3.63) is 33.9 Å². The van der Waals surface area contributed by atoms with Crippen LogP contribution in [0.15, 0.2) is 6.07 Å². The summed E-state index contributed by atoms with van der Waals surface area (Å²) in [6.45, 7) is 12.1. The number of nitrogens with zero attached hydrogens (tertiary/aromatic N) is 1. The van der Waals surface area contributed by atoms with E-state index in [2.05, 4.69) is 30.1 Å². The third-order valence-electron chi connectivity index (χ3n) is 4.70. The first kappa shape index (κ1) is 17.5. The van der Waals surface area contributed by atoms with Gasteiger partial charge in [-0.3, -0.25) is 14.5 Å². The zero-order chi connectivity index (χ0) is 17.1. The number of benzene rings is 1. The summed E-state index contributed by atoms with van der Waals surface area (Å²) in [6.07, 6.45) is 0. The van der Waals surface area contributed by atoms with Gasteiger partial charge in [0.05, 0.1) is 6.04 Å². The number of carbonyl (C=O) groups excluding carboxylic acids is 2. The van der Waals surface area contributed by atoms with Crippen LogP contribution < -0.4 is 5.32 Å². The Morgan fingerprint density at radius 1 is 1.30 bits per heavy atom. The van der Waals surface area contributed by atoms with Crippen molar-refractivity contribution in [3.8, 4) is 0 Å². The van der Waals surface area contributed by atoms with E-state index < -0.39 is 0 Å². The number of ether oxygens (including phenoxy) is 1. The second-order valence-electron chi connectivity index (χ2n) is 6.31. The smallest absolute Gasteiger partial charge is 0.302 e. The Morgan fingerprint density at radius 3 is 2.61 bits per heavy atom. The van der Waals surface area contributed by atoms with Gasteiger partial charge < -0.3 is 10.1 Å². The minimum Gasteiger partial charge on any atom is -0.461 e. The molecular weight excluding hydrogens is 292 g/mol. The Labute approximate surface area is 138 Å². The van der Waals surface area contributed by atoms with Gasteiger partial charge in [0.25, 0.3) is 0 Å². The molecule has 5 heteroatoms. The third-order valence-corrected chi connectivity index (χ3v) is 4.70. The van der Waals surface area contributed by atoms with Gasteiger partial charge in [0.1, 0.15) is 6.61 Å². The lowest BCUT2D eigenvalue weighted by Crippen LogP contribution is -2.53. The zero-order valence-electron chi connectivity index (χ0n) is 14.7. The molecular formula is C18H26N2O3. The van der Waals surface area contributed by atoms with E-state index in [1.165, 1.54) is 18.1 Å². The normalized spacial score (nSPS) is 18.7. The molecule has 1 heterocycles. The second-order valence-corrected chi connectivity index (χ2v) is 6.31. The van der Waals surface area contributed by atoms with Gasteiger partial charge in [0.2, 0.25) is 5.91 Å². The van der Waals surface area contributed by atoms with Crippen molar-refractivity contribution in [1.29, 1.82) is 0 Å². The maximum Gasteiger partial charge on any atom is 0.302 e. The first-order valence-corrected chi connectivity index (χ1v) is 8.05. The SMILES string of the molecule is CC(=O)OCc1c(C)cc(C)c(CN2CCNC(=O)C2C)c1C. The highest BCUT2D eigenvalue weighted by Crippen LogP contribution is 2.25. The molecule has 23 heavy (non-hydrogen) atoms. The van der Waals surface area contributed by atoms with E-state index in [0.29, 0.717) is 13.2 Å². The first-order valence-electron chi connectivity index (χ1n) is 8.05. The average molecular weight is 318 g/mol. The molecule has 1 aliphatic heterocycles. The zero-order valence-corrected chi connectivity index (χ0v) is 14.7. The first-order chi connectivity index (χ1) is 10.8. The molecule has 0 bridgehead atoms. The summed E-state index contributed by atoms with van der Waals surface area (Å²) < 4.78 is 5.20. The summed E-state index contributed by atoms with van der Waals surface area (Å²) in [6, 6.07) is 2.01. The Kier molecular flexibility index (Phi) is 5.42. The predicted octanol–water partition coefficient (Wildman–Crippen LogP) is 2.00. The lowest BCUT2D eigenvalue weighted by Gasteiger charge is -2.34. The van der Waals surface area contributed by atoms with Gasteiger partial charge in [-0.2, -0.15) is 0 Å². The molecule has 1 amide bonds. The van der Waals surface area contributed by atoms with E-state index in [-0.39, 0.29) is 17.9 Å². The number of hydrogen-bond donors (Lipinski definition) is 1. The molecule has 1 N–H and O–H groups in total. The van der Waals surface area contributed by atoms with Gasteiger partial charge in [-0.25, -0.2) is 0 Å². The number of rotatable bonds is 4. The van der Waals surface area contributed by atoms with Gasteiger partial charge in [0, 0.05) is 26.6 Å². The molecule has 1 aliphatic rings. The van der Waals surface area contributed by atoms with Crippen LogP contribution in [0.4, 0.5) is 0 Å². The number of nitrogens with one attached hydrogen (secondary N) is 1.